The van der Waals surface area contributed by atoms with Crippen LogP contribution in [0.25, 0.3) is 0 Å². The summed E-state index contributed by atoms with van der Waals surface area (Å²) in [5.41, 5.74) is 0.834. The first-order valence-electron chi connectivity index (χ1n) is 8.34. The molecule has 0 aliphatic carbocycles. The highest BCUT2D eigenvalue weighted by atomic mass is 19.1. The van der Waals surface area contributed by atoms with E-state index in [4.69, 9.17) is 0 Å². The molecule has 0 aromatic heterocycles. The van der Waals surface area contributed by atoms with Gasteiger partial charge in [-0.05, 0) is 23.6 Å². The molecule has 1 aliphatic rings. The van der Waals surface area contributed by atoms with E-state index in [2.05, 4.69) is 0 Å². The lowest BCUT2D eigenvalue weighted by Gasteiger charge is -2.30. The Labute approximate surface area is 136 Å². The third kappa shape index (κ3) is 3.90. The highest BCUT2D eigenvalue weighted by Crippen LogP contribution is 2.35. The number of likely N-dealkylation sites (tertiary alicyclic amines) is 1. The molecule has 1 heterocycles. The third-order valence-electron chi connectivity index (χ3n) is 5.12. The van der Waals surface area contributed by atoms with Crippen LogP contribution >= 0.6 is 0 Å². The minimum atomic E-state index is -0.810. The van der Waals surface area contributed by atoms with Gasteiger partial charge in [-0.2, -0.15) is 0 Å². The number of aliphatic carboxylic acids is 1. The topological polar surface area (TPSA) is 60.8 Å². The third-order valence-corrected chi connectivity index (χ3v) is 5.12. The molecule has 0 spiro atoms. The van der Waals surface area contributed by atoms with E-state index in [1.165, 1.54) is 12.1 Å². The fourth-order valence-electron chi connectivity index (χ4n) is 3.82. The van der Waals surface area contributed by atoms with Gasteiger partial charge < -0.3 is 10.2 Å². The van der Waals surface area contributed by atoms with Crippen LogP contribution in [-0.4, -0.2) is 46.8 Å². The molecule has 0 saturated carbocycles. The highest BCUT2D eigenvalue weighted by molar-refractivity contribution is 5.74. The minimum Gasteiger partial charge on any atom is -0.480 e. The maximum atomic E-state index is 13.5. The molecule has 5 heteroatoms. The molecule has 23 heavy (non-hydrogen) atoms. The first-order chi connectivity index (χ1) is 11.0. The van der Waals surface area contributed by atoms with E-state index in [9.17, 15) is 19.4 Å². The molecule has 2 unspecified atom stereocenters. The number of benzene rings is 1. The van der Waals surface area contributed by atoms with Gasteiger partial charge in [-0.15, -0.1) is 0 Å². The fourth-order valence-corrected chi connectivity index (χ4v) is 3.82. The van der Waals surface area contributed by atoms with Gasteiger partial charge in [0.05, 0.1) is 0 Å². The molecule has 1 saturated heterocycles. The number of carboxylic acid groups (broad SMARTS) is 1. The smallest absolute Gasteiger partial charge is 0.321 e. The molecule has 1 fully saturated rings. The largest absolute Gasteiger partial charge is 0.480 e. The van der Waals surface area contributed by atoms with Gasteiger partial charge in [-0.25, -0.2) is 4.39 Å². The van der Waals surface area contributed by atoms with Crippen molar-refractivity contribution in [3.05, 3.63) is 35.6 Å². The maximum Gasteiger partial charge on any atom is 0.321 e. The Kier molecular flexibility index (Phi) is 6.13. The van der Waals surface area contributed by atoms with Crippen LogP contribution in [0.2, 0.25) is 0 Å². The molecule has 1 aromatic carbocycles. The van der Waals surface area contributed by atoms with E-state index < -0.39 is 12.0 Å². The zero-order valence-corrected chi connectivity index (χ0v) is 13.8. The average molecular weight is 323 g/mol. The predicted molar refractivity (Wildman–Crippen MR) is 86.8 cm³/mol. The summed E-state index contributed by atoms with van der Waals surface area (Å²) in [4.78, 5) is 13.7. The summed E-state index contributed by atoms with van der Waals surface area (Å²) in [5.74, 6) is -1.12. The van der Waals surface area contributed by atoms with Crippen molar-refractivity contribution in [1.82, 2.24) is 4.90 Å². The zero-order chi connectivity index (χ0) is 17.0. The summed E-state index contributed by atoms with van der Waals surface area (Å²) in [6.07, 6.45) is 1.61. The van der Waals surface area contributed by atoms with Crippen molar-refractivity contribution in [3.63, 3.8) is 0 Å². The van der Waals surface area contributed by atoms with E-state index >= 15 is 0 Å². The van der Waals surface area contributed by atoms with Crippen molar-refractivity contribution in [2.45, 2.75) is 38.6 Å². The second-order valence-corrected chi connectivity index (χ2v) is 6.42. The van der Waals surface area contributed by atoms with Crippen molar-refractivity contribution >= 4 is 5.97 Å². The predicted octanol–water partition coefficient (Wildman–Crippen LogP) is 2.72. The Hall–Kier alpha value is -1.46. The Morgan fingerprint density at radius 3 is 2.57 bits per heavy atom. The van der Waals surface area contributed by atoms with Crippen LogP contribution in [0.3, 0.4) is 0 Å². The number of hydrogen-bond acceptors (Lipinski definition) is 3. The summed E-state index contributed by atoms with van der Waals surface area (Å²) < 4.78 is 13.5. The lowest BCUT2D eigenvalue weighted by atomic mass is 9.89. The van der Waals surface area contributed by atoms with E-state index in [1.807, 2.05) is 24.8 Å². The van der Waals surface area contributed by atoms with Crippen LogP contribution in [0.1, 0.15) is 38.2 Å². The van der Waals surface area contributed by atoms with Crippen LogP contribution in [0.5, 0.6) is 0 Å². The van der Waals surface area contributed by atoms with Crippen LogP contribution in [0, 0.1) is 17.7 Å². The summed E-state index contributed by atoms with van der Waals surface area (Å²) in [6.45, 7) is 5.07. The highest BCUT2D eigenvalue weighted by Gasteiger charge is 2.41. The summed E-state index contributed by atoms with van der Waals surface area (Å²) in [7, 11) is 0. The molecule has 4 nitrogen and oxygen atoms in total. The van der Waals surface area contributed by atoms with Gasteiger partial charge in [0, 0.05) is 31.5 Å². The summed E-state index contributed by atoms with van der Waals surface area (Å²) in [5, 5.41) is 19.4. The van der Waals surface area contributed by atoms with Gasteiger partial charge in [-0.1, -0.05) is 38.8 Å². The number of aliphatic hydroxyl groups is 1. The summed E-state index contributed by atoms with van der Waals surface area (Å²) in [6, 6.07) is 5.86. The quantitative estimate of drug-likeness (QED) is 0.810. The van der Waals surface area contributed by atoms with Crippen molar-refractivity contribution in [1.29, 1.82) is 0 Å². The van der Waals surface area contributed by atoms with Crippen LogP contribution in [-0.2, 0) is 4.79 Å². The molecular formula is C18H26FNO3. The van der Waals surface area contributed by atoms with Gasteiger partial charge in [0.1, 0.15) is 11.9 Å². The monoisotopic (exact) mass is 323 g/mol. The minimum absolute atomic E-state index is 0.0209. The molecule has 2 N–H and O–H groups in total. The van der Waals surface area contributed by atoms with E-state index in [0.717, 1.165) is 18.4 Å². The van der Waals surface area contributed by atoms with Crippen LogP contribution < -0.4 is 0 Å². The van der Waals surface area contributed by atoms with Crippen molar-refractivity contribution in [2.24, 2.45) is 11.8 Å². The van der Waals surface area contributed by atoms with E-state index in [1.54, 1.807) is 6.07 Å². The van der Waals surface area contributed by atoms with E-state index in [-0.39, 0.29) is 30.2 Å². The maximum absolute atomic E-state index is 13.5. The van der Waals surface area contributed by atoms with E-state index in [0.29, 0.717) is 13.1 Å². The fraction of sp³-hybridized carbons (Fsp3) is 0.611. The Morgan fingerprint density at radius 2 is 2.04 bits per heavy atom. The van der Waals surface area contributed by atoms with Gasteiger partial charge in [-0.3, -0.25) is 9.69 Å². The number of nitrogens with zero attached hydrogens (tertiary/aromatic N) is 1. The first-order valence-corrected chi connectivity index (χ1v) is 8.34. The number of rotatable bonds is 7. The number of hydrogen-bond donors (Lipinski definition) is 2. The standard InChI is InChI=1S/C18H26FNO3/c1-3-12(4-2)17(18(22)23)20-9-14(11-21)16(10-20)13-6-5-7-15(19)8-13/h5-8,12,14,16-17,21H,3-4,9-11H2,1-2H3,(H,22,23)/t14?,16?,17-/m1/s1. The van der Waals surface area contributed by atoms with Gasteiger partial charge in [0.25, 0.3) is 0 Å². The lowest BCUT2D eigenvalue weighted by Crippen LogP contribution is -2.45. The molecule has 0 bridgehead atoms. The van der Waals surface area contributed by atoms with Gasteiger partial charge in [0.2, 0.25) is 0 Å². The van der Waals surface area contributed by atoms with Crippen LogP contribution in [0.4, 0.5) is 4.39 Å². The molecular weight excluding hydrogens is 297 g/mol. The number of carboxylic acids is 1. The molecule has 0 amide bonds. The number of carbonyl (C=O) groups is 1. The van der Waals surface area contributed by atoms with Crippen molar-refractivity contribution in [3.8, 4) is 0 Å². The summed E-state index contributed by atoms with van der Waals surface area (Å²) >= 11 is 0. The molecule has 3 atom stereocenters. The first kappa shape index (κ1) is 17.9. The second kappa shape index (κ2) is 7.88. The Morgan fingerprint density at radius 1 is 1.35 bits per heavy atom. The Balaban J connectivity index is 2.24. The average Bonchev–Trinajstić information content (AvgIpc) is 2.95. The molecule has 2 rings (SSSR count). The van der Waals surface area contributed by atoms with Gasteiger partial charge >= 0.3 is 5.97 Å². The van der Waals surface area contributed by atoms with Crippen molar-refractivity contribution < 1.29 is 19.4 Å². The SMILES string of the molecule is CCC(CC)[C@H](C(=O)O)N1CC(CO)C(c2cccc(F)c2)C1. The lowest BCUT2D eigenvalue weighted by molar-refractivity contribution is -0.145. The Bertz CT molecular complexity index is 533. The molecule has 0 radical (unpaired) electrons. The normalized spacial score (nSPS) is 23.3. The van der Waals surface area contributed by atoms with Crippen LogP contribution in [0.15, 0.2) is 24.3 Å². The molecule has 1 aliphatic heterocycles. The second-order valence-electron chi connectivity index (χ2n) is 6.42. The number of halogens is 1. The molecule has 1 aromatic rings. The van der Waals surface area contributed by atoms with Gasteiger partial charge in [0.15, 0.2) is 0 Å². The number of aliphatic hydroxyl groups excluding tert-OH is 1. The zero-order valence-electron chi connectivity index (χ0n) is 13.8. The van der Waals surface area contributed by atoms with Crippen molar-refractivity contribution in [2.75, 3.05) is 19.7 Å². The molecule has 128 valence electrons.